The minimum absolute atomic E-state index is 0.0750. The van der Waals surface area contributed by atoms with E-state index in [9.17, 15) is 9.59 Å². The highest BCUT2D eigenvalue weighted by Crippen LogP contribution is 2.20. The second-order valence-electron chi connectivity index (χ2n) is 7.19. The van der Waals surface area contributed by atoms with E-state index >= 15 is 0 Å². The summed E-state index contributed by atoms with van der Waals surface area (Å²) in [6, 6.07) is 16.7. The molecule has 3 aromatic rings. The molecule has 2 aromatic carbocycles. The third-order valence-corrected chi connectivity index (χ3v) is 4.89. The standard InChI is InChI=1S/C24H27N3O3/c1-4-30-21-11-8-19(9-12-21)22-13-14-24(29)27(26-22)15-5-6-23(28)25-20-10-7-17(2)18(3)16-20/h7-14,16H,4-6,15H2,1-3H3,(H,25,28). The lowest BCUT2D eigenvalue weighted by molar-refractivity contribution is -0.116. The van der Waals surface area contributed by atoms with Gasteiger partial charge in [0.2, 0.25) is 5.91 Å². The van der Waals surface area contributed by atoms with E-state index in [2.05, 4.69) is 10.4 Å². The van der Waals surface area contributed by atoms with Crippen molar-refractivity contribution in [3.05, 3.63) is 76.1 Å². The lowest BCUT2D eigenvalue weighted by Crippen LogP contribution is -2.23. The van der Waals surface area contributed by atoms with Gasteiger partial charge in [0, 0.05) is 30.3 Å². The van der Waals surface area contributed by atoms with Gasteiger partial charge in [0.25, 0.3) is 5.56 Å². The van der Waals surface area contributed by atoms with Gasteiger partial charge in [0.15, 0.2) is 0 Å². The normalized spacial score (nSPS) is 10.6. The topological polar surface area (TPSA) is 73.2 Å². The van der Waals surface area contributed by atoms with E-state index < -0.39 is 0 Å². The monoisotopic (exact) mass is 405 g/mol. The Hall–Kier alpha value is -3.41. The predicted molar refractivity (Wildman–Crippen MR) is 119 cm³/mol. The number of anilines is 1. The SMILES string of the molecule is CCOc1ccc(-c2ccc(=O)n(CCCC(=O)Nc3ccc(C)c(C)c3)n2)cc1. The Balaban J connectivity index is 1.59. The van der Waals surface area contributed by atoms with E-state index in [1.54, 1.807) is 6.07 Å². The van der Waals surface area contributed by atoms with Crippen molar-refractivity contribution in [1.82, 2.24) is 9.78 Å². The fourth-order valence-corrected chi connectivity index (χ4v) is 3.08. The maximum Gasteiger partial charge on any atom is 0.266 e. The molecule has 1 aromatic heterocycles. The third-order valence-electron chi connectivity index (χ3n) is 4.89. The van der Waals surface area contributed by atoms with Crippen LogP contribution in [0.15, 0.2) is 59.4 Å². The highest BCUT2D eigenvalue weighted by molar-refractivity contribution is 5.90. The van der Waals surface area contributed by atoms with Crippen molar-refractivity contribution in [3.63, 3.8) is 0 Å². The predicted octanol–water partition coefficient (Wildman–Crippen LogP) is 4.34. The zero-order chi connectivity index (χ0) is 21.5. The van der Waals surface area contributed by atoms with Gasteiger partial charge < -0.3 is 10.1 Å². The van der Waals surface area contributed by atoms with E-state index in [4.69, 9.17) is 4.74 Å². The van der Waals surface area contributed by atoms with Gasteiger partial charge in [-0.25, -0.2) is 4.68 Å². The fourth-order valence-electron chi connectivity index (χ4n) is 3.08. The van der Waals surface area contributed by atoms with Crippen LogP contribution in [-0.4, -0.2) is 22.3 Å². The van der Waals surface area contributed by atoms with Crippen LogP contribution in [0.2, 0.25) is 0 Å². The van der Waals surface area contributed by atoms with Crippen LogP contribution in [0.4, 0.5) is 5.69 Å². The van der Waals surface area contributed by atoms with E-state index in [-0.39, 0.29) is 11.5 Å². The second-order valence-corrected chi connectivity index (χ2v) is 7.19. The molecule has 6 nitrogen and oxygen atoms in total. The maximum absolute atomic E-state index is 12.2. The fraction of sp³-hybridized carbons (Fsp3) is 0.292. The van der Waals surface area contributed by atoms with Crippen molar-refractivity contribution in [1.29, 1.82) is 0 Å². The van der Waals surface area contributed by atoms with E-state index in [0.717, 1.165) is 22.6 Å². The molecule has 0 aliphatic carbocycles. The molecule has 6 heteroatoms. The molecule has 0 saturated carbocycles. The number of ether oxygens (including phenoxy) is 1. The van der Waals surface area contributed by atoms with Crippen molar-refractivity contribution in [2.75, 3.05) is 11.9 Å². The average Bonchev–Trinajstić information content (AvgIpc) is 2.73. The summed E-state index contributed by atoms with van der Waals surface area (Å²) in [5.41, 5.74) is 4.53. The van der Waals surface area contributed by atoms with Gasteiger partial charge in [-0.05, 0) is 80.8 Å². The van der Waals surface area contributed by atoms with Crippen LogP contribution in [0.5, 0.6) is 5.75 Å². The summed E-state index contributed by atoms with van der Waals surface area (Å²) in [6.07, 6.45) is 0.838. The van der Waals surface area contributed by atoms with Gasteiger partial charge in [0.1, 0.15) is 5.75 Å². The lowest BCUT2D eigenvalue weighted by Gasteiger charge is -2.09. The van der Waals surface area contributed by atoms with Crippen LogP contribution in [-0.2, 0) is 11.3 Å². The first-order chi connectivity index (χ1) is 14.5. The zero-order valence-electron chi connectivity index (χ0n) is 17.6. The summed E-state index contributed by atoms with van der Waals surface area (Å²) < 4.78 is 6.87. The molecule has 1 N–H and O–H groups in total. The number of carbonyl (C=O) groups excluding carboxylic acids is 1. The number of aryl methyl sites for hydroxylation is 3. The van der Waals surface area contributed by atoms with Crippen LogP contribution in [0.25, 0.3) is 11.3 Å². The largest absolute Gasteiger partial charge is 0.494 e. The summed E-state index contributed by atoms with van der Waals surface area (Å²) in [4.78, 5) is 24.4. The molecule has 30 heavy (non-hydrogen) atoms. The number of nitrogens with zero attached hydrogens (tertiary/aromatic N) is 2. The van der Waals surface area contributed by atoms with Crippen LogP contribution >= 0.6 is 0 Å². The van der Waals surface area contributed by atoms with Gasteiger partial charge >= 0.3 is 0 Å². The molecule has 156 valence electrons. The minimum atomic E-state index is -0.181. The van der Waals surface area contributed by atoms with Crippen LogP contribution < -0.4 is 15.6 Å². The van der Waals surface area contributed by atoms with Crippen molar-refractivity contribution < 1.29 is 9.53 Å². The molecular weight excluding hydrogens is 378 g/mol. The quantitative estimate of drug-likeness (QED) is 0.605. The Kier molecular flexibility index (Phi) is 7.01. The molecule has 1 amide bonds. The Labute approximate surface area is 176 Å². The highest BCUT2D eigenvalue weighted by Gasteiger charge is 2.07. The zero-order valence-corrected chi connectivity index (χ0v) is 17.6. The lowest BCUT2D eigenvalue weighted by atomic mass is 10.1. The van der Waals surface area contributed by atoms with Gasteiger partial charge in [-0.15, -0.1) is 0 Å². The summed E-state index contributed by atoms with van der Waals surface area (Å²) in [6.45, 7) is 6.98. The van der Waals surface area contributed by atoms with Crippen molar-refractivity contribution in [2.45, 2.75) is 40.2 Å². The number of amides is 1. The van der Waals surface area contributed by atoms with Gasteiger partial charge in [-0.3, -0.25) is 9.59 Å². The van der Waals surface area contributed by atoms with E-state index in [0.29, 0.717) is 31.7 Å². The molecule has 0 unspecified atom stereocenters. The first-order valence-electron chi connectivity index (χ1n) is 10.1. The van der Waals surface area contributed by atoms with Gasteiger partial charge in [-0.2, -0.15) is 5.10 Å². The molecule has 0 spiro atoms. The molecule has 0 fully saturated rings. The minimum Gasteiger partial charge on any atom is -0.494 e. The van der Waals surface area contributed by atoms with Crippen molar-refractivity contribution in [3.8, 4) is 17.0 Å². The Morgan fingerprint density at radius 2 is 1.80 bits per heavy atom. The Bertz CT molecular complexity index is 1070. The Morgan fingerprint density at radius 3 is 2.50 bits per heavy atom. The second kappa shape index (κ2) is 9.87. The van der Waals surface area contributed by atoms with Crippen molar-refractivity contribution in [2.24, 2.45) is 0 Å². The molecule has 0 bridgehead atoms. The van der Waals surface area contributed by atoms with Crippen LogP contribution in [0.3, 0.4) is 0 Å². The molecule has 0 radical (unpaired) electrons. The number of carbonyl (C=O) groups is 1. The number of hydrogen-bond acceptors (Lipinski definition) is 4. The van der Waals surface area contributed by atoms with Crippen LogP contribution in [0, 0.1) is 13.8 Å². The summed E-state index contributed by atoms with van der Waals surface area (Å²) >= 11 is 0. The molecule has 1 heterocycles. The maximum atomic E-state index is 12.2. The first kappa shape index (κ1) is 21.3. The summed E-state index contributed by atoms with van der Waals surface area (Å²) in [5.74, 6) is 0.721. The molecule has 0 aliphatic rings. The van der Waals surface area contributed by atoms with Crippen LogP contribution in [0.1, 0.15) is 30.9 Å². The molecule has 3 rings (SSSR count). The molecule has 0 atom stereocenters. The molecular formula is C24H27N3O3. The van der Waals surface area contributed by atoms with Crippen molar-refractivity contribution >= 4 is 11.6 Å². The number of nitrogens with one attached hydrogen (secondary N) is 1. The Morgan fingerprint density at radius 1 is 1.03 bits per heavy atom. The van der Waals surface area contributed by atoms with Gasteiger partial charge in [0.05, 0.1) is 12.3 Å². The highest BCUT2D eigenvalue weighted by atomic mass is 16.5. The molecule has 0 aliphatic heterocycles. The smallest absolute Gasteiger partial charge is 0.266 e. The first-order valence-corrected chi connectivity index (χ1v) is 10.1. The average molecular weight is 405 g/mol. The molecule has 0 saturated heterocycles. The number of hydrogen-bond donors (Lipinski definition) is 1. The van der Waals surface area contributed by atoms with Gasteiger partial charge in [-0.1, -0.05) is 6.07 Å². The third kappa shape index (κ3) is 5.56. The summed E-state index contributed by atoms with van der Waals surface area (Å²) in [7, 11) is 0. The number of rotatable bonds is 8. The van der Waals surface area contributed by atoms with E-state index in [1.807, 2.05) is 63.2 Å². The van der Waals surface area contributed by atoms with E-state index in [1.165, 1.54) is 16.3 Å². The number of benzene rings is 2. The number of aromatic nitrogens is 2. The summed E-state index contributed by atoms with van der Waals surface area (Å²) in [5, 5.41) is 7.36.